The Bertz CT molecular complexity index is 526. The number of aromatic nitrogens is 1. The Morgan fingerprint density at radius 2 is 1.89 bits per heavy atom. The summed E-state index contributed by atoms with van der Waals surface area (Å²) in [5.74, 6) is -0.386. The molecular formula is C14H14ClFN2. The van der Waals surface area contributed by atoms with Crippen molar-refractivity contribution in [3.8, 4) is 0 Å². The van der Waals surface area contributed by atoms with E-state index in [1.807, 2.05) is 25.3 Å². The number of rotatable bonds is 4. The van der Waals surface area contributed by atoms with Crippen LogP contribution in [0.1, 0.15) is 16.8 Å². The SMILES string of the molecule is Cc1ccc(CNCc2ccc(F)c(Cl)c2)cn1. The van der Waals surface area contributed by atoms with Gasteiger partial charge in [-0.3, -0.25) is 4.98 Å². The summed E-state index contributed by atoms with van der Waals surface area (Å²) in [5.41, 5.74) is 3.08. The Kier molecular flexibility index (Phi) is 4.28. The molecule has 1 N–H and O–H groups in total. The number of nitrogens with zero attached hydrogens (tertiary/aromatic N) is 1. The van der Waals surface area contributed by atoms with E-state index in [2.05, 4.69) is 10.3 Å². The molecule has 0 unspecified atom stereocenters. The summed E-state index contributed by atoms with van der Waals surface area (Å²) in [5, 5.41) is 3.42. The molecule has 0 radical (unpaired) electrons. The van der Waals surface area contributed by atoms with Gasteiger partial charge < -0.3 is 5.32 Å². The average molecular weight is 265 g/mol. The Morgan fingerprint density at radius 1 is 1.17 bits per heavy atom. The maximum atomic E-state index is 13.0. The van der Waals surface area contributed by atoms with Gasteiger partial charge in [0.15, 0.2) is 0 Å². The monoisotopic (exact) mass is 264 g/mol. The van der Waals surface area contributed by atoms with Crippen LogP contribution in [0.5, 0.6) is 0 Å². The molecule has 0 amide bonds. The van der Waals surface area contributed by atoms with Crippen molar-refractivity contribution in [2.24, 2.45) is 0 Å². The van der Waals surface area contributed by atoms with E-state index in [1.165, 1.54) is 6.07 Å². The molecule has 1 aromatic carbocycles. The van der Waals surface area contributed by atoms with Gasteiger partial charge in [0, 0.05) is 25.0 Å². The zero-order valence-corrected chi connectivity index (χ0v) is 10.8. The fourth-order valence-corrected chi connectivity index (χ4v) is 1.81. The van der Waals surface area contributed by atoms with Crippen LogP contribution in [0.4, 0.5) is 4.39 Å². The molecule has 0 saturated heterocycles. The second-order valence-electron chi connectivity index (χ2n) is 4.16. The molecular weight excluding hydrogens is 251 g/mol. The van der Waals surface area contributed by atoms with Crippen molar-refractivity contribution >= 4 is 11.6 Å². The van der Waals surface area contributed by atoms with E-state index in [0.29, 0.717) is 6.54 Å². The number of benzene rings is 1. The second-order valence-corrected chi connectivity index (χ2v) is 4.57. The molecule has 0 saturated carbocycles. The molecule has 0 aliphatic carbocycles. The van der Waals surface area contributed by atoms with E-state index in [-0.39, 0.29) is 10.8 Å². The van der Waals surface area contributed by atoms with Crippen molar-refractivity contribution in [1.29, 1.82) is 0 Å². The minimum atomic E-state index is -0.386. The molecule has 0 bridgehead atoms. The summed E-state index contributed by atoms with van der Waals surface area (Å²) in [4.78, 5) is 4.22. The fourth-order valence-electron chi connectivity index (χ4n) is 1.60. The topological polar surface area (TPSA) is 24.9 Å². The molecule has 2 aromatic rings. The first-order chi connectivity index (χ1) is 8.65. The van der Waals surface area contributed by atoms with Crippen LogP contribution < -0.4 is 5.32 Å². The van der Waals surface area contributed by atoms with Gasteiger partial charge in [0.05, 0.1) is 5.02 Å². The Hall–Kier alpha value is -1.45. The van der Waals surface area contributed by atoms with Gasteiger partial charge in [-0.05, 0) is 36.2 Å². The Labute approximate surface area is 111 Å². The van der Waals surface area contributed by atoms with Crippen LogP contribution >= 0.6 is 11.6 Å². The van der Waals surface area contributed by atoms with Crippen molar-refractivity contribution in [3.05, 3.63) is 64.2 Å². The third-order valence-corrected chi connectivity index (χ3v) is 2.90. The van der Waals surface area contributed by atoms with Crippen LogP contribution in [-0.4, -0.2) is 4.98 Å². The highest BCUT2D eigenvalue weighted by Crippen LogP contribution is 2.15. The number of pyridine rings is 1. The van der Waals surface area contributed by atoms with E-state index < -0.39 is 0 Å². The van der Waals surface area contributed by atoms with E-state index >= 15 is 0 Å². The second kappa shape index (κ2) is 5.94. The number of nitrogens with one attached hydrogen (secondary N) is 1. The highest BCUT2D eigenvalue weighted by Gasteiger charge is 2.00. The molecule has 1 aromatic heterocycles. The van der Waals surface area contributed by atoms with E-state index in [4.69, 9.17) is 11.6 Å². The van der Waals surface area contributed by atoms with Crippen LogP contribution in [0.3, 0.4) is 0 Å². The van der Waals surface area contributed by atoms with Crippen molar-refractivity contribution in [2.45, 2.75) is 20.0 Å². The molecule has 18 heavy (non-hydrogen) atoms. The number of hydrogen-bond donors (Lipinski definition) is 1. The first kappa shape index (κ1) is 13.0. The van der Waals surface area contributed by atoms with Gasteiger partial charge in [-0.2, -0.15) is 0 Å². The Balaban J connectivity index is 1.88. The third kappa shape index (κ3) is 3.52. The minimum Gasteiger partial charge on any atom is -0.309 e. The van der Waals surface area contributed by atoms with Gasteiger partial charge in [0.1, 0.15) is 5.82 Å². The predicted octanol–water partition coefficient (Wildman–Crippen LogP) is 3.47. The maximum Gasteiger partial charge on any atom is 0.141 e. The Morgan fingerprint density at radius 3 is 2.56 bits per heavy atom. The highest BCUT2D eigenvalue weighted by molar-refractivity contribution is 6.30. The quantitative estimate of drug-likeness (QED) is 0.915. The highest BCUT2D eigenvalue weighted by atomic mass is 35.5. The third-order valence-electron chi connectivity index (χ3n) is 2.61. The summed E-state index contributed by atoms with van der Waals surface area (Å²) in [7, 11) is 0. The summed E-state index contributed by atoms with van der Waals surface area (Å²) in [6.45, 7) is 3.33. The van der Waals surface area contributed by atoms with Gasteiger partial charge in [-0.25, -0.2) is 4.39 Å². The van der Waals surface area contributed by atoms with E-state index in [0.717, 1.165) is 23.4 Å². The number of hydrogen-bond acceptors (Lipinski definition) is 2. The number of aryl methyl sites for hydroxylation is 1. The minimum absolute atomic E-state index is 0.159. The average Bonchev–Trinajstić information content (AvgIpc) is 2.36. The van der Waals surface area contributed by atoms with Crippen molar-refractivity contribution in [3.63, 3.8) is 0 Å². The predicted molar refractivity (Wildman–Crippen MR) is 70.9 cm³/mol. The lowest BCUT2D eigenvalue weighted by molar-refractivity contribution is 0.625. The van der Waals surface area contributed by atoms with E-state index in [9.17, 15) is 4.39 Å². The molecule has 1 heterocycles. The van der Waals surface area contributed by atoms with Gasteiger partial charge >= 0.3 is 0 Å². The standard InChI is InChI=1S/C14H14ClFN2/c1-10-2-3-12(9-18-10)8-17-7-11-4-5-14(16)13(15)6-11/h2-6,9,17H,7-8H2,1H3. The maximum absolute atomic E-state index is 13.0. The molecule has 0 fully saturated rings. The fraction of sp³-hybridized carbons (Fsp3) is 0.214. The van der Waals surface area contributed by atoms with E-state index in [1.54, 1.807) is 12.1 Å². The molecule has 0 aliphatic heterocycles. The van der Waals surface area contributed by atoms with Gasteiger partial charge in [0.2, 0.25) is 0 Å². The molecule has 2 rings (SSSR count). The largest absolute Gasteiger partial charge is 0.309 e. The molecule has 0 atom stereocenters. The van der Waals surface area contributed by atoms with Crippen LogP contribution in [0.25, 0.3) is 0 Å². The van der Waals surface area contributed by atoms with Crippen molar-refractivity contribution in [2.75, 3.05) is 0 Å². The molecule has 4 heteroatoms. The van der Waals surface area contributed by atoms with Crippen molar-refractivity contribution in [1.82, 2.24) is 10.3 Å². The molecule has 0 aliphatic rings. The summed E-state index contributed by atoms with van der Waals surface area (Å²) in [6.07, 6.45) is 1.85. The number of halogens is 2. The summed E-state index contributed by atoms with van der Waals surface area (Å²) < 4.78 is 13.0. The van der Waals surface area contributed by atoms with Gasteiger partial charge in [0.25, 0.3) is 0 Å². The molecule has 0 spiro atoms. The molecule has 2 nitrogen and oxygen atoms in total. The normalized spacial score (nSPS) is 10.6. The summed E-state index contributed by atoms with van der Waals surface area (Å²) in [6, 6.07) is 8.75. The van der Waals surface area contributed by atoms with Crippen LogP contribution in [-0.2, 0) is 13.1 Å². The lowest BCUT2D eigenvalue weighted by Gasteiger charge is -2.06. The zero-order chi connectivity index (χ0) is 13.0. The first-order valence-corrected chi connectivity index (χ1v) is 6.09. The van der Waals surface area contributed by atoms with Crippen LogP contribution in [0, 0.1) is 12.7 Å². The van der Waals surface area contributed by atoms with Crippen molar-refractivity contribution < 1.29 is 4.39 Å². The zero-order valence-electron chi connectivity index (χ0n) is 10.1. The molecule has 94 valence electrons. The van der Waals surface area contributed by atoms with Gasteiger partial charge in [-0.1, -0.05) is 23.7 Å². The van der Waals surface area contributed by atoms with Gasteiger partial charge in [-0.15, -0.1) is 0 Å². The van der Waals surface area contributed by atoms with Crippen LogP contribution in [0.15, 0.2) is 36.5 Å². The lowest BCUT2D eigenvalue weighted by atomic mass is 10.2. The van der Waals surface area contributed by atoms with Crippen LogP contribution in [0.2, 0.25) is 5.02 Å². The smallest absolute Gasteiger partial charge is 0.141 e. The first-order valence-electron chi connectivity index (χ1n) is 5.71. The lowest BCUT2D eigenvalue weighted by Crippen LogP contribution is -2.12. The summed E-state index contributed by atoms with van der Waals surface area (Å²) >= 11 is 5.71.